The van der Waals surface area contributed by atoms with Crippen LogP contribution in [0.3, 0.4) is 0 Å². The third-order valence-corrected chi connectivity index (χ3v) is 5.70. The molecule has 1 saturated carbocycles. The average Bonchev–Trinajstić information content (AvgIpc) is 2.54. The number of nitrogens with zero attached hydrogens (tertiary/aromatic N) is 2. The van der Waals surface area contributed by atoms with Gasteiger partial charge in [-0.2, -0.15) is 0 Å². The summed E-state index contributed by atoms with van der Waals surface area (Å²) in [6, 6.07) is 6.28. The molecule has 3 rings (SSSR count). The highest BCUT2D eigenvalue weighted by atomic mass is 15.3. The molecule has 1 unspecified atom stereocenters. The number of hydrogen-bond donors (Lipinski definition) is 1. The maximum atomic E-state index is 4.56. The van der Waals surface area contributed by atoms with Crippen molar-refractivity contribution in [2.45, 2.75) is 70.0 Å². The van der Waals surface area contributed by atoms with Crippen LogP contribution < -0.4 is 5.32 Å². The molecule has 0 bridgehead atoms. The van der Waals surface area contributed by atoms with Gasteiger partial charge in [0.2, 0.25) is 0 Å². The minimum absolute atomic E-state index is 0.247. The van der Waals surface area contributed by atoms with E-state index >= 15 is 0 Å². The Morgan fingerprint density at radius 1 is 1.24 bits per heavy atom. The van der Waals surface area contributed by atoms with Crippen LogP contribution in [0.15, 0.2) is 24.4 Å². The van der Waals surface area contributed by atoms with Crippen molar-refractivity contribution in [3.8, 4) is 0 Å². The van der Waals surface area contributed by atoms with Crippen molar-refractivity contribution in [2.75, 3.05) is 13.1 Å². The summed E-state index contributed by atoms with van der Waals surface area (Å²) in [5.41, 5.74) is 1.82. The Morgan fingerprint density at radius 3 is 2.71 bits per heavy atom. The van der Waals surface area contributed by atoms with E-state index in [0.717, 1.165) is 19.6 Å². The van der Waals surface area contributed by atoms with Crippen LogP contribution in [0, 0.1) is 0 Å². The second-order valence-electron chi connectivity index (χ2n) is 7.23. The first kappa shape index (κ1) is 15.0. The van der Waals surface area contributed by atoms with E-state index in [1.165, 1.54) is 44.2 Å². The summed E-state index contributed by atoms with van der Waals surface area (Å²) in [5.74, 6) is 0. The Morgan fingerprint density at radius 2 is 2.05 bits per heavy atom. The summed E-state index contributed by atoms with van der Waals surface area (Å²) in [5, 5.41) is 3.86. The van der Waals surface area contributed by atoms with Gasteiger partial charge in [-0.05, 0) is 38.3 Å². The van der Waals surface area contributed by atoms with Crippen LogP contribution in [0.25, 0.3) is 0 Å². The largest absolute Gasteiger partial charge is 0.308 e. The van der Waals surface area contributed by atoms with Gasteiger partial charge in [0.25, 0.3) is 0 Å². The quantitative estimate of drug-likeness (QED) is 0.924. The number of hydrogen-bond acceptors (Lipinski definition) is 3. The van der Waals surface area contributed by atoms with E-state index in [-0.39, 0.29) is 5.54 Å². The van der Waals surface area contributed by atoms with Gasteiger partial charge in [0, 0.05) is 36.9 Å². The molecule has 0 amide bonds. The zero-order valence-electron chi connectivity index (χ0n) is 13.6. The van der Waals surface area contributed by atoms with Crippen molar-refractivity contribution >= 4 is 0 Å². The molecule has 3 heteroatoms. The minimum Gasteiger partial charge on any atom is -0.308 e. The fourth-order valence-corrected chi connectivity index (χ4v) is 3.99. The normalized spacial score (nSPS) is 29.6. The first-order valence-corrected chi connectivity index (χ1v) is 8.56. The average molecular weight is 287 g/mol. The molecule has 2 heterocycles. The lowest BCUT2D eigenvalue weighted by atomic mass is 9.76. The fourth-order valence-electron chi connectivity index (χ4n) is 3.99. The topological polar surface area (TPSA) is 28.2 Å². The lowest BCUT2D eigenvalue weighted by Gasteiger charge is -2.55. The van der Waals surface area contributed by atoms with Crippen molar-refractivity contribution in [3.63, 3.8) is 0 Å². The van der Waals surface area contributed by atoms with Crippen LogP contribution in [-0.2, 0) is 6.54 Å². The standard InChI is InChI=1S/C18H29N3/c1-3-17(2)15-21(13-16-9-5-8-12-19-16)18(14-20-17)10-6-4-7-11-18/h5,8-9,12,20H,3-4,6-7,10-11,13-15H2,1-2H3. The lowest BCUT2D eigenvalue weighted by Crippen LogP contribution is -2.69. The van der Waals surface area contributed by atoms with Gasteiger partial charge in [-0.3, -0.25) is 9.88 Å². The predicted octanol–water partition coefficient (Wildman–Crippen LogP) is 3.36. The van der Waals surface area contributed by atoms with Crippen LogP contribution in [0.1, 0.15) is 58.1 Å². The smallest absolute Gasteiger partial charge is 0.0544 e. The van der Waals surface area contributed by atoms with E-state index in [9.17, 15) is 0 Å². The van der Waals surface area contributed by atoms with Crippen LogP contribution in [0.4, 0.5) is 0 Å². The summed E-state index contributed by atoms with van der Waals surface area (Å²) in [4.78, 5) is 7.31. The number of piperazine rings is 1. The Hall–Kier alpha value is -0.930. The fraction of sp³-hybridized carbons (Fsp3) is 0.722. The van der Waals surface area contributed by atoms with Crippen molar-refractivity contribution < 1.29 is 0 Å². The third-order valence-electron chi connectivity index (χ3n) is 5.70. The highest BCUT2D eigenvalue weighted by Gasteiger charge is 2.45. The van der Waals surface area contributed by atoms with E-state index in [2.05, 4.69) is 41.2 Å². The monoisotopic (exact) mass is 287 g/mol. The van der Waals surface area contributed by atoms with Crippen molar-refractivity contribution in [1.82, 2.24) is 15.2 Å². The minimum atomic E-state index is 0.247. The highest BCUT2D eigenvalue weighted by molar-refractivity contribution is 5.09. The van der Waals surface area contributed by atoms with Crippen molar-refractivity contribution in [1.29, 1.82) is 0 Å². The molecule has 1 saturated heterocycles. The second kappa shape index (κ2) is 6.05. The highest BCUT2D eigenvalue weighted by Crippen LogP contribution is 2.38. The Kier molecular flexibility index (Phi) is 4.32. The van der Waals surface area contributed by atoms with Crippen LogP contribution >= 0.6 is 0 Å². The molecular weight excluding hydrogens is 258 g/mol. The molecule has 1 aromatic heterocycles. The maximum absolute atomic E-state index is 4.56. The first-order valence-electron chi connectivity index (χ1n) is 8.56. The van der Waals surface area contributed by atoms with Crippen LogP contribution in [0.5, 0.6) is 0 Å². The van der Waals surface area contributed by atoms with E-state index in [1.54, 1.807) is 0 Å². The molecule has 1 aromatic rings. The molecule has 3 nitrogen and oxygen atoms in total. The third kappa shape index (κ3) is 3.14. The molecule has 21 heavy (non-hydrogen) atoms. The molecule has 116 valence electrons. The van der Waals surface area contributed by atoms with E-state index in [0.29, 0.717) is 5.54 Å². The Labute approximate surface area is 129 Å². The van der Waals surface area contributed by atoms with Gasteiger partial charge in [0.1, 0.15) is 0 Å². The van der Waals surface area contributed by atoms with Gasteiger partial charge in [0.05, 0.1) is 5.69 Å². The van der Waals surface area contributed by atoms with Crippen LogP contribution in [0.2, 0.25) is 0 Å². The zero-order valence-corrected chi connectivity index (χ0v) is 13.6. The molecule has 1 aliphatic heterocycles. The molecule has 1 atom stereocenters. The molecule has 0 radical (unpaired) electrons. The van der Waals surface area contributed by atoms with Gasteiger partial charge in [-0.1, -0.05) is 32.3 Å². The molecule has 2 fully saturated rings. The number of rotatable bonds is 3. The summed E-state index contributed by atoms with van der Waals surface area (Å²) >= 11 is 0. The summed E-state index contributed by atoms with van der Waals surface area (Å²) in [7, 11) is 0. The van der Waals surface area contributed by atoms with E-state index < -0.39 is 0 Å². The Balaban J connectivity index is 1.82. The van der Waals surface area contributed by atoms with Gasteiger partial charge in [0.15, 0.2) is 0 Å². The van der Waals surface area contributed by atoms with Gasteiger partial charge < -0.3 is 5.32 Å². The number of nitrogens with one attached hydrogen (secondary N) is 1. The Bertz CT molecular complexity index is 453. The summed E-state index contributed by atoms with van der Waals surface area (Å²) < 4.78 is 0. The molecule has 2 aliphatic rings. The number of pyridine rings is 1. The van der Waals surface area contributed by atoms with Gasteiger partial charge >= 0.3 is 0 Å². The molecule has 1 N–H and O–H groups in total. The number of aromatic nitrogens is 1. The molecular formula is C18H29N3. The first-order chi connectivity index (χ1) is 10.2. The molecule has 0 aromatic carbocycles. The van der Waals surface area contributed by atoms with E-state index in [1.807, 2.05) is 12.3 Å². The SMILES string of the molecule is CCC1(C)CN(Cc2ccccn2)C2(CCCCC2)CN1. The molecule has 1 spiro atoms. The predicted molar refractivity (Wildman–Crippen MR) is 87.2 cm³/mol. The maximum Gasteiger partial charge on any atom is 0.0544 e. The van der Waals surface area contributed by atoms with Crippen molar-refractivity contribution in [2.24, 2.45) is 0 Å². The van der Waals surface area contributed by atoms with Crippen molar-refractivity contribution in [3.05, 3.63) is 30.1 Å². The summed E-state index contributed by atoms with van der Waals surface area (Å²) in [6.45, 7) is 7.95. The van der Waals surface area contributed by atoms with Gasteiger partial charge in [-0.15, -0.1) is 0 Å². The zero-order chi connectivity index (χ0) is 14.8. The lowest BCUT2D eigenvalue weighted by molar-refractivity contribution is -0.0224. The van der Waals surface area contributed by atoms with Gasteiger partial charge in [-0.25, -0.2) is 0 Å². The second-order valence-corrected chi connectivity index (χ2v) is 7.23. The van der Waals surface area contributed by atoms with E-state index in [4.69, 9.17) is 0 Å². The molecule has 1 aliphatic carbocycles. The summed E-state index contributed by atoms with van der Waals surface area (Å²) in [6.07, 6.45) is 9.95. The van der Waals surface area contributed by atoms with Crippen LogP contribution in [-0.4, -0.2) is 34.1 Å².